The van der Waals surface area contributed by atoms with Crippen LogP contribution >= 0.6 is 0 Å². The Kier molecular flexibility index (Phi) is 5.81. The standard InChI is InChI=1S/C43H26N4O/c1-3-14-28(15-4-1)41-44-42(29-16-5-2-6-17-29)46-43(45-41)47-36-24-10-9-19-31(36)32-20-11-21-33(39(32)47)34-22-12-23-35-38-30-18-8-7-13-27(30)25-26-37(38)48-40(34)35/h1-26H. The number of para-hydroxylation sites is 3. The number of aromatic nitrogens is 4. The number of hydrogen-bond donors (Lipinski definition) is 0. The molecule has 0 fully saturated rings. The summed E-state index contributed by atoms with van der Waals surface area (Å²) in [4.78, 5) is 15.3. The topological polar surface area (TPSA) is 56.7 Å². The molecule has 0 aliphatic rings. The number of nitrogens with zero attached hydrogens (tertiary/aromatic N) is 4. The minimum absolute atomic E-state index is 0.559. The lowest BCUT2D eigenvalue weighted by Gasteiger charge is -2.13. The molecule has 7 aromatic carbocycles. The second kappa shape index (κ2) is 10.5. The van der Waals surface area contributed by atoms with Crippen molar-refractivity contribution >= 4 is 54.5 Å². The van der Waals surface area contributed by atoms with Gasteiger partial charge in [-0.1, -0.05) is 146 Å². The highest BCUT2D eigenvalue weighted by Gasteiger charge is 2.22. The number of fused-ring (bicyclic) bond motifs is 8. The van der Waals surface area contributed by atoms with Crippen LogP contribution in [0.15, 0.2) is 162 Å². The van der Waals surface area contributed by atoms with E-state index < -0.39 is 0 Å². The van der Waals surface area contributed by atoms with Gasteiger partial charge in [0.15, 0.2) is 11.6 Å². The SMILES string of the molecule is c1ccc(-c2nc(-c3ccccc3)nc(-n3c4ccccc4c4cccc(-c5cccc6c5oc5ccc7ccccc7c56)c43)n2)cc1. The van der Waals surface area contributed by atoms with Gasteiger partial charge in [0.2, 0.25) is 5.95 Å². The van der Waals surface area contributed by atoms with Crippen LogP contribution in [0.25, 0.3) is 94.4 Å². The van der Waals surface area contributed by atoms with Crippen LogP contribution in [0.5, 0.6) is 0 Å². The van der Waals surface area contributed by atoms with Crippen molar-refractivity contribution in [2.75, 3.05) is 0 Å². The van der Waals surface area contributed by atoms with E-state index in [1.165, 1.54) is 10.8 Å². The first-order valence-electron chi connectivity index (χ1n) is 16.0. The molecule has 0 unspecified atom stereocenters. The normalized spacial score (nSPS) is 11.8. The van der Waals surface area contributed by atoms with Gasteiger partial charge in [0.25, 0.3) is 0 Å². The number of rotatable bonds is 4. The zero-order chi connectivity index (χ0) is 31.6. The molecule has 224 valence electrons. The molecule has 0 bridgehead atoms. The van der Waals surface area contributed by atoms with Crippen molar-refractivity contribution < 1.29 is 4.42 Å². The largest absolute Gasteiger partial charge is 0.455 e. The second-order valence-corrected chi connectivity index (χ2v) is 12.0. The van der Waals surface area contributed by atoms with Gasteiger partial charge in [-0.05, 0) is 22.9 Å². The van der Waals surface area contributed by atoms with Gasteiger partial charge in [-0.3, -0.25) is 4.57 Å². The quantitative estimate of drug-likeness (QED) is 0.198. The molecule has 3 heterocycles. The summed E-state index contributed by atoms with van der Waals surface area (Å²) in [7, 11) is 0. The summed E-state index contributed by atoms with van der Waals surface area (Å²) in [5.41, 5.74) is 7.69. The van der Waals surface area contributed by atoms with Crippen LogP contribution in [0.4, 0.5) is 0 Å². The van der Waals surface area contributed by atoms with E-state index >= 15 is 0 Å². The van der Waals surface area contributed by atoms with Gasteiger partial charge in [0, 0.05) is 43.8 Å². The third-order valence-electron chi connectivity index (χ3n) is 9.26. The molecule has 0 N–H and O–H groups in total. The summed E-state index contributed by atoms with van der Waals surface area (Å²) >= 11 is 0. The minimum Gasteiger partial charge on any atom is -0.455 e. The highest BCUT2D eigenvalue weighted by atomic mass is 16.3. The fourth-order valence-electron chi connectivity index (χ4n) is 7.12. The molecule has 0 spiro atoms. The molecule has 5 nitrogen and oxygen atoms in total. The maximum atomic E-state index is 6.72. The highest BCUT2D eigenvalue weighted by molar-refractivity contribution is 6.22. The Morgan fingerprint density at radius 2 is 1.04 bits per heavy atom. The first-order chi connectivity index (χ1) is 23.8. The van der Waals surface area contributed by atoms with Crippen LogP contribution in [-0.4, -0.2) is 19.5 Å². The molecule has 0 aliphatic heterocycles. The average Bonchev–Trinajstić information content (AvgIpc) is 3.72. The van der Waals surface area contributed by atoms with E-state index in [1.807, 2.05) is 60.7 Å². The van der Waals surface area contributed by atoms with Gasteiger partial charge in [-0.15, -0.1) is 0 Å². The van der Waals surface area contributed by atoms with Crippen molar-refractivity contribution in [2.45, 2.75) is 0 Å². The lowest BCUT2D eigenvalue weighted by molar-refractivity contribution is 0.670. The Balaban J connectivity index is 1.31. The monoisotopic (exact) mass is 614 g/mol. The summed E-state index contributed by atoms with van der Waals surface area (Å²) in [6.45, 7) is 0. The van der Waals surface area contributed by atoms with Gasteiger partial charge in [0.05, 0.1) is 11.0 Å². The Hall–Kier alpha value is -6.59. The zero-order valence-electron chi connectivity index (χ0n) is 25.7. The van der Waals surface area contributed by atoms with Crippen molar-refractivity contribution in [3.05, 3.63) is 158 Å². The number of hydrogen-bond acceptors (Lipinski definition) is 4. The summed E-state index contributed by atoms with van der Waals surface area (Å²) < 4.78 is 8.91. The number of benzene rings is 7. The van der Waals surface area contributed by atoms with Crippen molar-refractivity contribution in [3.8, 4) is 39.9 Å². The Morgan fingerprint density at radius 1 is 0.438 bits per heavy atom. The summed E-state index contributed by atoms with van der Waals surface area (Å²) in [5.74, 6) is 1.80. The minimum atomic E-state index is 0.559. The van der Waals surface area contributed by atoms with Gasteiger partial charge < -0.3 is 4.42 Å². The summed E-state index contributed by atoms with van der Waals surface area (Å²) in [6.07, 6.45) is 0. The predicted molar refractivity (Wildman–Crippen MR) is 195 cm³/mol. The van der Waals surface area contributed by atoms with E-state index in [4.69, 9.17) is 19.4 Å². The van der Waals surface area contributed by atoms with Crippen LogP contribution in [0.3, 0.4) is 0 Å². The molecule has 0 aliphatic carbocycles. The molecule has 0 amide bonds. The highest BCUT2D eigenvalue weighted by Crippen LogP contribution is 2.43. The second-order valence-electron chi connectivity index (χ2n) is 12.0. The van der Waals surface area contributed by atoms with Crippen LogP contribution in [-0.2, 0) is 0 Å². The summed E-state index contributed by atoms with van der Waals surface area (Å²) in [5, 5.41) is 6.85. The van der Waals surface area contributed by atoms with Crippen LogP contribution in [0.1, 0.15) is 0 Å². The van der Waals surface area contributed by atoms with Crippen LogP contribution in [0.2, 0.25) is 0 Å². The molecule has 5 heteroatoms. The molecule has 10 rings (SSSR count). The molecule has 3 aromatic heterocycles. The fraction of sp³-hybridized carbons (Fsp3) is 0. The molecule has 0 radical (unpaired) electrons. The van der Waals surface area contributed by atoms with E-state index in [-0.39, 0.29) is 0 Å². The Morgan fingerprint density at radius 3 is 1.79 bits per heavy atom. The number of furan rings is 1. The maximum absolute atomic E-state index is 6.72. The van der Waals surface area contributed by atoms with Crippen LogP contribution in [0, 0.1) is 0 Å². The lowest BCUT2D eigenvalue weighted by atomic mass is 9.98. The van der Waals surface area contributed by atoms with Gasteiger partial charge in [-0.2, -0.15) is 9.97 Å². The van der Waals surface area contributed by atoms with Gasteiger partial charge in [-0.25, -0.2) is 4.98 Å². The van der Waals surface area contributed by atoms with Crippen molar-refractivity contribution in [1.29, 1.82) is 0 Å². The van der Waals surface area contributed by atoms with E-state index in [2.05, 4.69) is 102 Å². The third kappa shape index (κ3) is 4.01. The molecule has 0 saturated heterocycles. The van der Waals surface area contributed by atoms with Crippen LogP contribution < -0.4 is 0 Å². The first kappa shape index (κ1) is 26.6. The Labute approximate surface area is 275 Å². The van der Waals surface area contributed by atoms with E-state index in [0.717, 1.165) is 66.0 Å². The Bertz CT molecular complexity index is 2780. The summed E-state index contributed by atoms with van der Waals surface area (Å²) in [6, 6.07) is 54.3. The smallest absolute Gasteiger partial charge is 0.238 e. The van der Waals surface area contributed by atoms with Crippen molar-refractivity contribution in [3.63, 3.8) is 0 Å². The predicted octanol–water partition coefficient (Wildman–Crippen LogP) is 11.0. The molecule has 10 aromatic rings. The fourth-order valence-corrected chi connectivity index (χ4v) is 7.12. The molecule has 0 saturated carbocycles. The van der Waals surface area contributed by atoms with Gasteiger partial charge in [0.1, 0.15) is 11.2 Å². The zero-order valence-corrected chi connectivity index (χ0v) is 25.7. The average molecular weight is 615 g/mol. The van der Waals surface area contributed by atoms with Gasteiger partial charge >= 0.3 is 0 Å². The first-order valence-corrected chi connectivity index (χ1v) is 16.0. The lowest BCUT2D eigenvalue weighted by Crippen LogP contribution is -2.06. The third-order valence-corrected chi connectivity index (χ3v) is 9.26. The molecule has 0 atom stereocenters. The maximum Gasteiger partial charge on any atom is 0.238 e. The molecular weight excluding hydrogens is 589 g/mol. The van der Waals surface area contributed by atoms with E-state index in [9.17, 15) is 0 Å². The molecule has 48 heavy (non-hydrogen) atoms. The van der Waals surface area contributed by atoms with Crippen molar-refractivity contribution in [2.24, 2.45) is 0 Å². The van der Waals surface area contributed by atoms with Crippen molar-refractivity contribution in [1.82, 2.24) is 19.5 Å². The van der Waals surface area contributed by atoms with E-state index in [0.29, 0.717) is 17.6 Å². The van der Waals surface area contributed by atoms with E-state index in [1.54, 1.807) is 0 Å². The molecular formula is C43H26N4O.